The Morgan fingerprint density at radius 1 is 1.44 bits per heavy atom. The minimum Gasteiger partial charge on any atom is -0.327 e. The second-order valence-electron chi connectivity index (χ2n) is 4.62. The van der Waals surface area contributed by atoms with Crippen molar-refractivity contribution in [1.29, 1.82) is 0 Å². The van der Waals surface area contributed by atoms with Gasteiger partial charge in [-0.2, -0.15) is 0 Å². The van der Waals surface area contributed by atoms with Crippen molar-refractivity contribution in [2.45, 2.75) is 37.1 Å². The summed E-state index contributed by atoms with van der Waals surface area (Å²) in [5, 5.41) is 3.03. The van der Waals surface area contributed by atoms with Crippen LogP contribution in [0.1, 0.15) is 26.2 Å². The minimum absolute atomic E-state index is 0.0234. The maximum Gasteiger partial charge on any atom is 0.229 e. The van der Waals surface area contributed by atoms with E-state index in [9.17, 15) is 4.79 Å². The largest absolute Gasteiger partial charge is 0.327 e. The number of thioether (sulfide) groups is 1. The minimum atomic E-state index is -0.0234. The predicted molar refractivity (Wildman–Crippen MR) is 76.8 cm³/mol. The molecule has 0 bridgehead atoms. The summed E-state index contributed by atoms with van der Waals surface area (Å²) in [4.78, 5) is 13.3. The number of carbonyl (C=O) groups is 1. The molecule has 0 radical (unpaired) electrons. The number of nitrogens with one attached hydrogen (secondary N) is 1. The van der Waals surface area contributed by atoms with Gasteiger partial charge in [0.15, 0.2) is 0 Å². The molecular weight excluding hydrogens is 244 g/mol. The van der Waals surface area contributed by atoms with Crippen molar-refractivity contribution in [2.75, 3.05) is 11.1 Å². The fourth-order valence-corrected chi connectivity index (χ4v) is 3.15. The number of carbonyl (C=O) groups excluding carboxylic acids is 1. The molecule has 3 nitrogen and oxygen atoms in total. The summed E-state index contributed by atoms with van der Waals surface area (Å²) in [7, 11) is 0. The monoisotopic (exact) mass is 264 g/mol. The highest BCUT2D eigenvalue weighted by atomic mass is 32.2. The summed E-state index contributed by atoms with van der Waals surface area (Å²) >= 11 is 1.74. The molecule has 0 aliphatic heterocycles. The molecule has 2 atom stereocenters. The number of benzene rings is 1. The summed E-state index contributed by atoms with van der Waals surface area (Å²) in [6.45, 7) is 2.11. The molecule has 2 rings (SSSR count). The van der Waals surface area contributed by atoms with Gasteiger partial charge in [-0.15, -0.1) is 11.8 Å². The Balaban J connectivity index is 2.06. The van der Waals surface area contributed by atoms with Crippen molar-refractivity contribution in [3.8, 4) is 0 Å². The van der Waals surface area contributed by atoms with Crippen LogP contribution in [0.3, 0.4) is 0 Å². The summed E-state index contributed by atoms with van der Waals surface area (Å²) in [6, 6.07) is 7.96. The van der Waals surface area contributed by atoms with E-state index >= 15 is 0 Å². The molecule has 4 heteroatoms. The topological polar surface area (TPSA) is 55.1 Å². The SMILES string of the molecule is CCSc1ccccc1NC(=O)C1CCCC1N. The molecule has 1 fully saturated rings. The van der Waals surface area contributed by atoms with Crippen molar-refractivity contribution in [3.05, 3.63) is 24.3 Å². The average molecular weight is 264 g/mol. The van der Waals surface area contributed by atoms with Crippen LogP contribution in [0, 0.1) is 5.92 Å². The quantitative estimate of drug-likeness (QED) is 0.822. The molecule has 0 heterocycles. The maximum absolute atomic E-state index is 12.2. The van der Waals surface area contributed by atoms with Gasteiger partial charge in [-0.3, -0.25) is 4.79 Å². The smallest absolute Gasteiger partial charge is 0.229 e. The van der Waals surface area contributed by atoms with E-state index in [0.717, 1.165) is 35.6 Å². The van der Waals surface area contributed by atoms with Crippen molar-refractivity contribution >= 4 is 23.4 Å². The van der Waals surface area contributed by atoms with E-state index in [0.29, 0.717) is 0 Å². The zero-order valence-corrected chi connectivity index (χ0v) is 11.5. The molecular formula is C14H20N2OS. The summed E-state index contributed by atoms with van der Waals surface area (Å²) in [6.07, 6.45) is 2.93. The van der Waals surface area contributed by atoms with Crippen LogP contribution in [0.5, 0.6) is 0 Å². The first kappa shape index (κ1) is 13.4. The first-order chi connectivity index (χ1) is 8.72. The highest BCUT2D eigenvalue weighted by Gasteiger charge is 2.30. The van der Waals surface area contributed by atoms with Crippen LogP contribution in [-0.2, 0) is 4.79 Å². The molecule has 0 spiro atoms. The lowest BCUT2D eigenvalue weighted by molar-refractivity contribution is -0.120. The first-order valence-corrected chi connectivity index (χ1v) is 7.49. The second-order valence-corrected chi connectivity index (χ2v) is 5.93. The van der Waals surface area contributed by atoms with Gasteiger partial charge in [0, 0.05) is 10.9 Å². The number of nitrogens with two attached hydrogens (primary N) is 1. The normalized spacial score (nSPS) is 23.0. The van der Waals surface area contributed by atoms with Crippen LogP contribution >= 0.6 is 11.8 Å². The lowest BCUT2D eigenvalue weighted by Crippen LogP contribution is -2.34. The van der Waals surface area contributed by atoms with E-state index in [-0.39, 0.29) is 17.9 Å². The zero-order valence-electron chi connectivity index (χ0n) is 10.7. The van der Waals surface area contributed by atoms with Crippen LogP contribution in [0.2, 0.25) is 0 Å². The van der Waals surface area contributed by atoms with Gasteiger partial charge in [0.1, 0.15) is 0 Å². The fourth-order valence-electron chi connectivity index (χ4n) is 2.39. The molecule has 98 valence electrons. The number of hydrogen-bond acceptors (Lipinski definition) is 3. The van der Waals surface area contributed by atoms with E-state index < -0.39 is 0 Å². The van der Waals surface area contributed by atoms with Gasteiger partial charge in [0.2, 0.25) is 5.91 Å². The Hall–Kier alpha value is -1.00. The second kappa shape index (κ2) is 6.25. The van der Waals surface area contributed by atoms with Gasteiger partial charge in [-0.05, 0) is 30.7 Å². The third-order valence-corrected chi connectivity index (χ3v) is 4.31. The molecule has 0 saturated heterocycles. The van der Waals surface area contributed by atoms with E-state index in [1.807, 2.05) is 24.3 Å². The van der Waals surface area contributed by atoms with E-state index in [1.54, 1.807) is 11.8 Å². The van der Waals surface area contributed by atoms with Crippen LogP contribution in [-0.4, -0.2) is 17.7 Å². The Bertz CT molecular complexity index is 422. The van der Waals surface area contributed by atoms with Crippen LogP contribution in [0.15, 0.2) is 29.2 Å². The van der Waals surface area contributed by atoms with Gasteiger partial charge in [-0.1, -0.05) is 25.5 Å². The van der Waals surface area contributed by atoms with E-state index in [4.69, 9.17) is 5.73 Å². The van der Waals surface area contributed by atoms with Crippen LogP contribution in [0.4, 0.5) is 5.69 Å². The molecule has 1 aliphatic carbocycles. The lowest BCUT2D eigenvalue weighted by Gasteiger charge is -2.16. The van der Waals surface area contributed by atoms with E-state index in [1.165, 1.54) is 0 Å². The molecule has 1 aliphatic rings. The molecule has 1 saturated carbocycles. The Morgan fingerprint density at radius 3 is 2.89 bits per heavy atom. The maximum atomic E-state index is 12.2. The van der Waals surface area contributed by atoms with Crippen molar-refractivity contribution in [1.82, 2.24) is 0 Å². The van der Waals surface area contributed by atoms with Crippen molar-refractivity contribution < 1.29 is 4.79 Å². The van der Waals surface area contributed by atoms with Gasteiger partial charge < -0.3 is 11.1 Å². The predicted octanol–water partition coefficient (Wildman–Crippen LogP) is 2.86. The molecule has 0 aromatic heterocycles. The molecule has 2 unspecified atom stereocenters. The van der Waals surface area contributed by atoms with Gasteiger partial charge in [0.25, 0.3) is 0 Å². The third kappa shape index (κ3) is 3.06. The van der Waals surface area contributed by atoms with Gasteiger partial charge in [0.05, 0.1) is 11.6 Å². The third-order valence-electron chi connectivity index (χ3n) is 3.35. The van der Waals surface area contributed by atoms with Crippen LogP contribution in [0.25, 0.3) is 0 Å². The van der Waals surface area contributed by atoms with Gasteiger partial charge >= 0.3 is 0 Å². The van der Waals surface area contributed by atoms with E-state index in [2.05, 4.69) is 12.2 Å². The number of para-hydroxylation sites is 1. The van der Waals surface area contributed by atoms with Crippen molar-refractivity contribution in [3.63, 3.8) is 0 Å². The molecule has 18 heavy (non-hydrogen) atoms. The molecule has 1 amide bonds. The highest BCUT2D eigenvalue weighted by Crippen LogP contribution is 2.29. The summed E-state index contributed by atoms with van der Waals surface area (Å²) in [5.74, 6) is 1.05. The zero-order chi connectivity index (χ0) is 13.0. The Kier molecular flexibility index (Phi) is 4.66. The first-order valence-electron chi connectivity index (χ1n) is 6.50. The standard InChI is InChI=1S/C14H20N2OS/c1-2-18-13-9-4-3-8-12(13)16-14(17)10-6-5-7-11(10)15/h3-4,8-11H,2,5-7,15H2,1H3,(H,16,17). The number of hydrogen-bond donors (Lipinski definition) is 2. The molecule has 1 aromatic rings. The summed E-state index contributed by atoms with van der Waals surface area (Å²) in [5.41, 5.74) is 6.87. The Labute approximate surface area is 113 Å². The fraction of sp³-hybridized carbons (Fsp3) is 0.500. The average Bonchev–Trinajstić information content (AvgIpc) is 2.78. The molecule has 1 aromatic carbocycles. The highest BCUT2D eigenvalue weighted by molar-refractivity contribution is 7.99. The van der Waals surface area contributed by atoms with Crippen LogP contribution < -0.4 is 11.1 Å². The number of rotatable bonds is 4. The molecule has 3 N–H and O–H groups in total. The van der Waals surface area contributed by atoms with Crippen molar-refractivity contribution in [2.24, 2.45) is 11.7 Å². The Morgan fingerprint density at radius 2 is 2.22 bits per heavy atom. The number of anilines is 1. The lowest BCUT2D eigenvalue weighted by atomic mass is 10.0. The summed E-state index contributed by atoms with van der Waals surface area (Å²) < 4.78 is 0. The van der Waals surface area contributed by atoms with Gasteiger partial charge in [-0.25, -0.2) is 0 Å². The number of amides is 1.